The number of aromatic nitrogens is 3. The normalized spacial score (nSPS) is 19.5. The number of hydrogen-bond acceptors (Lipinski definition) is 6. The molecule has 0 unspecified atom stereocenters. The van der Waals surface area contributed by atoms with Crippen molar-refractivity contribution in [3.63, 3.8) is 0 Å². The average Bonchev–Trinajstić information content (AvgIpc) is 2.84. The average molecular weight is 526 g/mol. The molecule has 1 N–H and O–H groups in total. The largest absolute Gasteiger partial charge is 0.417 e. The molecule has 0 spiro atoms. The molecule has 3 aliphatic rings. The van der Waals surface area contributed by atoms with Gasteiger partial charge >= 0.3 is 0 Å². The maximum Gasteiger partial charge on any atom is 0.258 e. The van der Waals surface area contributed by atoms with E-state index in [1.807, 2.05) is 27.7 Å². The lowest BCUT2D eigenvalue weighted by Crippen LogP contribution is -2.48. The number of nitrogens with zero attached hydrogens (tertiary/aromatic N) is 4. The van der Waals surface area contributed by atoms with Crippen molar-refractivity contribution in [3.05, 3.63) is 56.4 Å². The third kappa shape index (κ3) is 4.77. The van der Waals surface area contributed by atoms with E-state index in [9.17, 15) is 4.79 Å². The quantitative estimate of drug-likeness (QED) is 0.515. The molecule has 4 heterocycles. The van der Waals surface area contributed by atoms with Crippen molar-refractivity contribution in [3.8, 4) is 11.8 Å². The first kappa shape index (κ1) is 25.8. The Bertz CT molecular complexity index is 1350. The summed E-state index contributed by atoms with van der Waals surface area (Å²) in [5, 5.41) is 3.18. The van der Waals surface area contributed by atoms with Gasteiger partial charge in [0, 0.05) is 42.4 Å². The molecular weight excluding hydrogens is 493 g/mol. The number of carbonyl (C=O) groups is 1. The monoisotopic (exact) mass is 525 g/mol. The molecule has 0 atom stereocenters. The maximum absolute atomic E-state index is 16.2. The second-order valence-electron chi connectivity index (χ2n) is 10.7. The highest BCUT2D eigenvalue weighted by Gasteiger charge is 2.35. The first-order chi connectivity index (χ1) is 17.6. The number of hydrogen-bond donors (Lipinski definition) is 1. The van der Waals surface area contributed by atoms with E-state index < -0.39 is 5.82 Å². The third-order valence-electron chi connectivity index (χ3n) is 7.56. The fraction of sp³-hybridized carbons (Fsp3) is 0.500. The zero-order chi connectivity index (χ0) is 26.5. The van der Waals surface area contributed by atoms with Gasteiger partial charge in [0.25, 0.3) is 11.8 Å². The van der Waals surface area contributed by atoms with Gasteiger partial charge in [0.15, 0.2) is 5.82 Å². The number of nitrogens with one attached hydrogen (secondary N) is 1. The molecule has 1 aliphatic carbocycles. The summed E-state index contributed by atoms with van der Waals surface area (Å²) in [5.74, 6) is -0.527. The lowest BCUT2D eigenvalue weighted by Gasteiger charge is -2.35. The Morgan fingerprint density at radius 3 is 2.68 bits per heavy atom. The molecule has 0 fully saturated rings. The minimum absolute atomic E-state index is 0.0714. The summed E-state index contributed by atoms with van der Waals surface area (Å²) in [4.78, 5) is 28.4. The number of carbonyl (C=O) groups excluding carboxylic acids is 1. The van der Waals surface area contributed by atoms with Crippen molar-refractivity contribution in [1.29, 1.82) is 0 Å². The number of halogens is 2. The van der Waals surface area contributed by atoms with Crippen LogP contribution in [-0.4, -0.2) is 44.4 Å². The van der Waals surface area contributed by atoms with E-state index in [2.05, 4.69) is 32.1 Å². The van der Waals surface area contributed by atoms with Crippen LogP contribution < -0.4 is 10.1 Å². The van der Waals surface area contributed by atoms with Gasteiger partial charge < -0.3 is 10.1 Å². The van der Waals surface area contributed by atoms with Crippen molar-refractivity contribution in [2.24, 2.45) is 0 Å². The number of amides is 1. The SMILES string of the molecule is CCC1=C(C2=C(C)CC(C)(C)NC2=O)CCc2cnc(Oc3nc(Cl)nc4c3CN(CC)CC4)c(F)c21. The first-order valence-electron chi connectivity index (χ1n) is 13.0. The van der Waals surface area contributed by atoms with E-state index in [0.29, 0.717) is 36.9 Å². The van der Waals surface area contributed by atoms with Crippen LogP contribution in [0.5, 0.6) is 11.8 Å². The zero-order valence-electron chi connectivity index (χ0n) is 22.1. The fourth-order valence-electron chi connectivity index (χ4n) is 5.93. The summed E-state index contributed by atoms with van der Waals surface area (Å²) in [7, 11) is 0. The number of ether oxygens (including phenoxy) is 1. The van der Waals surface area contributed by atoms with E-state index >= 15 is 4.39 Å². The molecule has 0 aromatic carbocycles. The van der Waals surface area contributed by atoms with E-state index in [-0.39, 0.29) is 28.5 Å². The number of aryl methyl sites for hydroxylation is 1. The van der Waals surface area contributed by atoms with Gasteiger partial charge in [-0.3, -0.25) is 9.69 Å². The zero-order valence-corrected chi connectivity index (χ0v) is 22.9. The smallest absolute Gasteiger partial charge is 0.258 e. The minimum Gasteiger partial charge on any atom is -0.417 e. The molecule has 0 bridgehead atoms. The van der Waals surface area contributed by atoms with Crippen molar-refractivity contribution >= 4 is 23.1 Å². The van der Waals surface area contributed by atoms with Crippen molar-refractivity contribution in [2.45, 2.75) is 78.8 Å². The van der Waals surface area contributed by atoms with Crippen molar-refractivity contribution < 1.29 is 13.9 Å². The minimum atomic E-state index is -0.534. The highest BCUT2D eigenvalue weighted by molar-refractivity contribution is 6.28. The Kier molecular flexibility index (Phi) is 6.83. The number of allylic oxidation sites excluding steroid dienone is 1. The molecule has 37 heavy (non-hydrogen) atoms. The Morgan fingerprint density at radius 2 is 1.97 bits per heavy atom. The first-order valence-corrected chi connectivity index (χ1v) is 13.4. The van der Waals surface area contributed by atoms with Gasteiger partial charge in [-0.05, 0) is 81.3 Å². The summed E-state index contributed by atoms with van der Waals surface area (Å²) in [6, 6.07) is 0. The van der Waals surface area contributed by atoms with Crippen LogP contribution in [0.3, 0.4) is 0 Å². The number of likely N-dealkylation sites (N-methyl/N-ethyl adjacent to an activating group) is 1. The predicted molar refractivity (Wildman–Crippen MR) is 141 cm³/mol. The standard InChI is InChI=1S/C28H33ClFN5O2/c1-6-17-18(21-15(3)12-28(4,5)34-24(21)36)9-8-16-13-31-26(23(30)22(16)17)37-25-19-14-35(7-2)11-10-20(19)32-27(29)33-25/h13H,6-12,14H2,1-5H3,(H,34,36). The summed E-state index contributed by atoms with van der Waals surface area (Å²) in [5.41, 5.74) is 6.10. The fourth-order valence-corrected chi connectivity index (χ4v) is 6.11. The highest BCUT2D eigenvalue weighted by atomic mass is 35.5. The van der Waals surface area contributed by atoms with Crippen LogP contribution in [0, 0.1) is 5.82 Å². The maximum atomic E-state index is 16.2. The molecular formula is C28H33ClFN5O2. The Morgan fingerprint density at radius 1 is 1.19 bits per heavy atom. The summed E-state index contributed by atoms with van der Waals surface area (Å²) < 4.78 is 22.2. The van der Waals surface area contributed by atoms with Crippen LogP contribution in [0.2, 0.25) is 5.28 Å². The van der Waals surface area contributed by atoms with E-state index in [0.717, 1.165) is 59.5 Å². The predicted octanol–water partition coefficient (Wildman–Crippen LogP) is 5.56. The lowest BCUT2D eigenvalue weighted by molar-refractivity contribution is -0.119. The van der Waals surface area contributed by atoms with E-state index in [1.54, 1.807) is 6.20 Å². The van der Waals surface area contributed by atoms with Gasteiger partial charge in [-0.1, -0.05) is 19.4 Å². The van der Waals surface area contributed by atoms with Gasteiger partial charge in [0.2, 0.25) is 11.2 Å². The lowest BCUT2D eigenvalue weighted by atomic mass is 9.77. The Hall–Kier alpha value is -2.84. The Balaban J connectivity index is 1.58. The van der Waals surface area contributed by atoms with Gasteiger partial charge in [0.05, 0.1) is 11.3 Å². The number of fused-ring (bicyclic) bond motifs is 2. The van der Waals surface area contributed by atoms with Crippen LogP contribution in [0.15, 0.2) is 22.9 Å². The third-order valence-corrected chi connectivity index (χ3v) is 7.73. The molecule has 0 saturated heterocycles. The van der Waals surface area contributed by atoms with Crippen molar-refractivity contribution in [2.75, 3.05) is 13.1 Å². The van der Waals surface area contributed by atoms with Gasteiger partial charge in [-0.25, -0.2) is 14.4 Å². The molecule has 0 saturated carbocycles. The molecule has 0 radical (unpaired) electrons. The number of rotatable bonds is 5. The van der Waals surface area contributed by atoms with Crippen LogP contribution in [0.1, 0.15) is 76.3 Å². The summed E-state index contributed by atoms with van der Waals surface area (Å²) >= 11 is 6.19. The molecule has 1 amide bonds. The summed E-state index contributed by atoms with van der Waals surface area (Å²) in [6.45, 7) is 12.5. The topological polar surface area (TPSA) is 80.2 Å². The van der Waals surface area contributed by atoms with Crippen LogP contribution in [-0.2, 0) is 24.2 Å². The number of pyridine rings is 1. The van der Waals surface area contributed by atoms with Crippen LogP contribution >= 0.6 is 11.6 Å². The molecule has 5 rings (SSSR count). The second kappa shape index (κ2) is 9.80. The molecule has 2 aromatic rings. The molecule has 7 nitrogen and oxygen atoms in total. The van der Waals surface area contributed by atoms with Gasteiger partial charge in [-0.2, -0.15) is 4.98 Å². The van der Waals surface area contributed by atoms with Crippen LogP contribution in [0.4, 0.5) is 4.39 Å². The van der Waals surface area contributed by atoms with E-state index in [1.165, 1.54) is 0 Å². The van der Waals surface area contributed by atoms with Crippen LogP contribution in [0.25, 0.3) is 5.57 Å². The van der Waals surface area contributed by atoms with E-state index in [4.69, 9.17) is 16.3 Å². The molecule has 2 aromatic heterocycles. The second-order valence-corrected chi connectivity index (χ2v) is 11.0. The summed E-state index contributed by atoms with van der Waals surface area (Å²) in [6.07, 6.45) is 5.01. The van der Waals surface area contributed by atoms with Crippen molar-refractivity contribution in [1.82, 2.24) is 25.2 Å². The van der Waals surface area contributed by atoms with Gasteiger partial charge in [-0.15, -0.1) is 0 Å². The highest BCUT2D eigenvalue weighted by Crippen LogP contribution is 2.43. The molecule has 9 heteroatoms. The molecule has 2 aliphatic heterocycles. The van der Waals surface area contributed by atoms with Gasteiger partial charge in [0.1, 0.15) is 0 Å². The Labute approximate surface area is 222 Å². The molecule has 196 valence electrons.